The summed E-state index contributed by atoms with van der Waals surface area (Å²) in [5.41, 5.74) is 3.00. The van der Waals surface area contributed by atoms with E-state index < -0.39 is 0 Å². The maximum atomic E-state index is 13.0. The first-order valence-corrected chi connectivity index (χ1v) is 9.92. The monoisotopic (exact) mass is 411 g/mol. The molecule has 0 unspecified atom stereocenters. The van der Waals surface area contributed by atoms with Crippen LogP contribution in [-0.2, 0) is 18.4 Å². The number of benzene rings is 1. The molecule has 3 aromatic heterocycles. The lowest BCUT2D eigenvalue weighted by Gasteiger charge is -2.08. The number of imidazole rings is 1. The molecule has 29 heavy (non-hydrogen) atoms. The summed E-state index contributed by atoms with van der Waals surface area (Å²) in [4.78, 5) is 20.9. The van der Waals surface area contributed by atoms with Gasteiger partial charge in [0.2, 0.25) is 5.91 Å². The number of aromatic nitrogens is 6. The maximum Gasteiger partial charge on any atom is 0.234 e. The molecule has 8 nitrogen and oxygen atoms in total. The number of fused-ring (bicyclic) bond motifs is 1. The number of aryl methyl sites for hydroxylation is 1. The molecule has 1 N–H and O–H groups in total. The first kappa shape index (κ1) is 19.1. The van der Waals surface area contributed by atoms with Gasteiger partial charge in [-0.15, -0.1) is 10.2 Å². The van der Waals surface area contributed by atoms with Gasteiger partial charge in [0.05, 0.1) is 23.8 Å². The standard InChI is InChI=1S/C19H18FN7OS/c1-3-27-18(14-8-16-15(9-21-14)22-11-26(16)2)24-25-19(27)29-10-17(28)23-13-6-4-12(20)5-7-13/h4-9,11H,3,10H2,1-2H3,(H,23,28). The fourth-order valence-electron chi connectivity index (χ4n) is 2.88. The molecule has 3 heterocycles. The summed E-state index contributed by atoms with van der Waals surface area (Å²) in [5.74, 6) is 0.239. The highest BCUT2D eigenvalue weighted by atomic mass is 32.2. The van der Waals surface area contributed by atoms with Crippen LogP contribution in [0.3, 0.4) is 0 Å². The van der Waals surface area contributed by atoms with Gasteiger partial charge in [0.25, 0.3) is 0 Å². The summed E-state index contributed by atoms with van der Waals surface area (Å²) in [7, 11) is 1.92. The number of nitrogens with one attached hydrogen (secondary N) is 1. The van der Waals surface area contributed by atoms with Gasteiger partial charge in [-0.25, -0.2) is 9.37 Å². The van der Waals surface area contributed by atoms with E-state index in [4.69, 9.17) is 0 Å². The van der Waals surface area contributed by atoms with Crippen molar-refractivity contribution < 1.29 is 9.18 Å². The Hall–Kier alpha value is -3.27. The van der Waals surface area contributed by atoms with Crippen molar-refractivity contribution in [2.75, 3.05) is 11.1 Å². The Kier molecular flexibility index (Phi) is 5.26. The number of nitrogens with zero attached hydrogens (tertiary/aromatic N) is 6. The third kappa shape index (κ3) is 3.97. The summed E-state index contributed by atoms with van der Waals surface area (Å²) >= 11 is 1.28. The van der Waals surface area contributed by atoms with Crippen LogP contribution < -0.4 is 5.32 Å². The van der Waals surface area contributed by atoms with E-state index in [-0.39, 0.29) is 17.5 Å². The average molecular weight is 411 g/mol. The molecule has 0 radical (unpaired) electrons. The van der Waals surface area contributed by atoms with Gasteiger partial charge in [0, 0.05) is 19.3 Å². The quantitative estimate of drug-likeness (QED) is 0.490. The number of thioether (sulfide) groups is 1. The molecule has 4 aromatic rings. The molecular formula is C19H18FN7OS. The average Bonchev–Trinajstić information content (AvgIpc) is 3.31. The second-order valence-electron chi connectivity index (χ2n) is 6.31. The van der Waals surface area contributed by atoms with Crippen molar-refractivity contribution in [1.29, 1.82) is 0 Å². The fraction of sp³-hybridized carbons (Fsp3) is 0.211. The summed E-state index contributed by atoms with van der Waals surface area (Å²) < 4.78 is 16.8. The van der Waals surface area contributed by atoms with Crippen LogP contribution >= 0.6 is 11.8 Å². The number of pyridine rings is 1. The molecule has 0 atom stereocenters. The van der Waals surface area contributed by atoms with Gasteiger partial charge < -0.3 is 14.5 Å². The smallest absolute Gasteiger partial charge is 0.234 e. The highest BCUT2D eigenvalue weighted by Gasteiger charge is 2.16. The molecule has 0 saturated carbocycles. The highest BCUT2D eigenvalue weighted by Crippen LogP contribution is 2.25. The van der Waals surface area contributed by atoms with Crippen molar-refractivity contribution in [2.45, 2.75) is 18.6 Å². The van der Waals surface area contributed by atoms with Crippen molar-refractivity contribution in [3.05, 3.63) is 48.7 Å². The number of halogens is 1. The lowest BCUT2D eigenvalue weighted by atomic mass is 10.3. The van der Waals surface area contributed by atoms with Crippen LogP contribution in [0.5, 0.6) is 0 Å². The Morgan fingerprint density at radius 2 is 2.00 bits per heavy atom. The third-order valence-corrected chi connectivity index (χ3v) is 5.30. The number of carbonyl (C=O) groups is 1. The van der Waals surface area contributed by atoms with Gasteiger partial charge in [-0.05, 0) is 37.3 Å². The van der Waals surface area contributed by atoms with Crippen LogP contribution in [0.25, 0.3) is 22.6 Å². The molecule has 0 aliphatic rings. The van der Waals surface area contributed by atoms with Crippen molar-refractivity contribution >= 4 is 34.4 Å². The van der Waals surface area contributed by atoms with Gasteiger partial charge in [-0.1, -0.05) is 11.8 Å². The zero-order chi connectivity index (χ0) is 20.4. The second kappa shape index (κ2) is 8.00. The summed E-state index contributed by atoms with van der Waals surface area (Å²) in [6, 6.07) is 7.56. The summed E-state index contributed by atoms with van der Waals surface area (Å²) in [5, 5.41) is 11.9. The van der Waals surface area contributed by atoms with Crippen molar-refractivity contribution in [3.8, 4) is 11.5 Å². The van der Waals surface area contributed by atoms with Crippen LogP contribution in [0.15, 0.2) is 48.0 Å². The maximum absolute atomic E-state index is 13.0. The Balaban J connectivity index is 1.50. The van der Waals surface area contributed by atoms with Crippen molar-refractivity contribution in [2.24, 2.45) is 7.05 Å². The zero-order valence-corrected chi connectivity index (χ0v) is 16.6. The van der Waals surface area contributed by atoms with Crippen LogP contribution in [-0.4, -0.2) is 41.0 Å². The molecular weight excluding hydrogens is 393 g/mol. The third-order valence-electron chi connectivity index (χ3n) is 4.33. The van der Waals surface area contributed by atoms with E-state index in [1.54, 1.807) is 12.5 Å². The Bertz CT molecular complexity index is 1170. The normalized spacial score (nSPS) is 11.1. The molecule has 148 valence electrons. The number of rotatable bonds is 6. The van der Waals surface area contributed by atoms with Gasteiger partial charge in [-0.2, -0.15) is 0 Å². The molecule has 0 bridgehead atoms. The van der Waals surface area contributed by atoms with Gasteiger partial charge in [0.1, 0.15) is 17.0 Å². The number of hydrogen-bond donors (Lipinski definition) is 1. The number of amides is 1. The van der Waals surface area contributed by atoms with Gasteiger partial charge >= 0.3 is 0 Å². The summed E-state index contributed by atoms with van der Waals surface area (Å²) in [6.07, 6.45) is 3.45. The number of anilines is 1. The highest BCUT2D eigenvalue weighted by molar-refractivity contribution is 7.99. The Morgan fingerprint density at radius 3 is 2.76 bits per heavy atom. The van der Waals surface area contributed by atoms with Crippen LogP contribution in [0, 0.1) is 5.82 Å². The Labute approximate surface area is 170 Å². The molecule has 0 aliphatic carbocycles. The molecule has 0 aliphatic heterocycles. The minimum absolute atomic E-state index is 0.156. The largest absolute Gasteiger partial charge is 0.334 e. The molecule has 0 saturated heterocycles. The van der Waals surface area contributed by atoms with Crippen LogP contribution in [0.2, 0.25) is 0 Å². The first-order valence-electron chi connectivity index (χ1n) is 8.94. The van der Waals surface area contributed by atoms with Gasteiger partial charge in [0.15, 0.2) is 11.0 Å². The number of hydrogen-bond acceptors (Lipinski definition) is 6. The van der Waals surface area contributed by atoms with E-state index in [2.05, 4.69) is 25.5 Å². The van der Waals surface area contributed by atoms with Crippen LogP contribution in [0.1, 0.15) is 6.92 Å². The lowest BCUT2D eigenvalue weighted by molar-refractivity contribution is -0.113. The predicted molar refractivity (Wildman–Crippen MR) is 109 cm³/mol. The minimum atomic E-state index is -0.348. The predicted octanol–water partition coefficient (Wildman–Crippen LogP) is 3.12. The van der Waals surface area contributed by atoms with E-state index in [9.17, 15) is 9.18 Å². The van der Waals surface area contributed by atoms with Crippen molar-refractivity contribution in [1.82, 2.24) is 29.3 Å². The van der Waals surface area contributed by atoms with E-state index in [0.717, 1.165) is 11.0 Å². The van der Waals surface area contributed by atoms with E-state index >= 15 is 0 Å². The SMILES string of the molecule is CCn1c(SCC(=O)Nc2ccc(F)cc2)nnc1-c1cc2c(cn1)ncn2C. The number of carbonyl (C=O) groups excluding carboxylic acids is 1. The molecule has 0 spiro atoms. The van der Waals surface area contributed by atoms with E-state index in [1.807, 2.05) is 29.2 Å². The van der Waals surface area contributed by atoms with E-state index in [0.29, 0.717) is 28.9 Å². The summed E-state index contributed by atoms with van der Waals surface area (Å²) in [6.45, 7) is 2.62. The fourth-order valence-corrected chi connectivity index (χ4v) is 3.69. The molecule has 4 rings (SSSR count). The minimum Gasteiger partial charge on any atom is -0.334 e. The van der Waals surface area contributed by atoms with E-state index in [1.165, 1.54) is 36.0 Å². The molecule has 1 amide bonds. The second-order valence-corrected chi connectivity index (χ2v) is 7.25. The first-order chi connectivity index (χ1) is 14.0. The molecule has 0 fully saturated rings. The zero-order valence-electron chi connectivity index (χ0n) is 15.8. The van der Waals surface area contributed by atoms with Crippen molar-refractivity contribution in [3.63, 3.8) is 0 Å². The molecule has 1 aromatic carbocycles. The lowest BCUT2D eigenvalue weighted by Crippen LogP contribution is -2.14. The van der Waals surface area contributed by atoms with Gasteiger partial charge in [-0.3, -0.25) is 9.78 Å². The van der Waals surface area contributed by atoms with Crippen LogP contribution in [0.4, 0.5) is 10.1 Å². The topological polar surface area (TPSA) is 90.5 Å². The Morgan fingerprint density at radius 1 is 1.21 bits per heavy atom. The molecule has 10 heteroatoms.